The van der Waals surface area contributed by atoms with E-state index in [9.17, 15) is 12.8 Å². The Kier molecular flexibility index (Phi) is 6.41. The summed E-state index contributed by atoms with van der Waals surface area (Å²) >= 11 is 0. The molecule has 0 spiro atoms. The van der Waals surface area contributed by atoms with Crippen molar-refractivity contribution < 1.29 is 17.5 Å². The van der Waals surface area contributed by atoms with Gasteiger partial charge >= 0.3 is 0 Å². The van der Waals surface area contributed by atoms with Crippen molar-refractivity contribution in [2.75, 3.05) is 13.2 Å². The number of rotatable bonds is 8. The Balaban J connectivity index is 2.34. The SMILES string of the molecule is CC(C)OCCCNS(=O)(=O)Cc1ccc(F)cc1. The van der Waals surface area contributed by atoms with Gasteiger partial charge in [-0.25, -0.2) is 17.5 Å². The number of ether oxygens (including phenoxy) is 1. The molecule has 0 saturated heterocycles. The molecule has 0 amide bonds. The van der Waals surface area contributed by atoms with Crippen LogP contribution in [0.2, 0.25) is 0 Å². The Hall–Kier alpha value is -0.980. The van der Waals surface area contributed by atoms with Gasteiger partial charge in [-0.2, -0.15) is 0 Å². The van der Waals surface area contributed by atoms with E-state index >= 15 is 0 Å². The average molecular weight is 289 g/mol. The first kappa shape index (κ1) is 16.1. The predicted molar refractivity (Wildman–Crippen MR) is 72.7 cm³/mol. The molecule has 4 nitrogen and oxygen atoms in total. The van der Waals surface area contributed by atoms with Crippen LogP contribution in [0.25, 0.3) is 0 Å². The lowest BCUT2D eigenvalue weighted by Gasteiger charge is -2.09. The summed E-state index contributed by atoms with van der Waals surface area (Å²) in [5.74, 6) is -0.516. The Labute approximate surface area is 114 Å². The van der Waals surface area contributed by atoms with E-state index in [1.165, 1.54) is 24.3 Å². The first-order chi connectivity index (χ1) is 8.89. The van der Waals surface area contributed by atoms with Crippen LogP contribution in [-0.2, 0) is 20.5 Å². The molecule has 19 heavy (non-hydrogen) atoms. The van der Waals surface area contributed by atoms with Gasteiger partial charge in [0.25, 0.3) is 0 Å². The summed E-state index contributed by atoms with van der Waals surface area (Å²) in [5.41, 5.74) is 0.562. The smallest absolute Gasteiger partial charge is 0.215 e. The van der Waals surface area contributed by atoms with Crippen LogP contribution in [0.3, 0.4) is 0 Å². The van der Waals surface area contributed by atoms with E-state index in [-0.39, 0.29) is 17.7 Å². The molecule has 0 heterocycles. The molecule has 1 aromatic rings. The van der Waals surface area contributed by atoms with Crippen LogP contribution < -0.4 is 4.72 Å². The van der Waals surface area contributed by atoms with Gasteiger partial charge in [-0.15, -0.1) is 0 Å². The second kappa shape index (κ2) is 7.57. The van der Waals surface area contributed by atoms with Crippen molar-refractivity contribution in [3.8, 4) is 0 Å². The third kappa shape index (κ3) is 7.25. The maximum atomic E-state index is 12.7. The van der Waals surface area contributed by atoms with Crippen LogP contribution in [0.1, 0.15) is 25.8 Å². The van der Waals surface area contributed by atoms with Crippen LogP contribution >= 0.6 is 0 Å². The topological polar surface area (TPSA) is 55.4 Å². The van der Waals surface area contributed by atoms with E-state index in [0.717, 1.165) is 0 Å². The molecule has 0 radical (unpaired) electrons. The van der Waals surface area contributed by atoms with Crippen LogP contribution in [-0.4, -0.2) is 27.7 Å². The van der Waals surface area contributed by atoms with Crippen molar-refractivity contribution in [2.45, 2.75) is 32.1 Å². The van der Waals surface area contributed by atoms with E-state index in [1.54, 1.807) is 0 Å². The molecule has 0 saturated carbocycles. The quantitative estimate of drug-likeness (QED) is 0.745. The molecule has 6 heteroatoms. The molecule has 0 bridgehead atoms. The maximum Gasteiger partial charge on any atom is 0.215 e. The Morgan fingerprint density at radius 2 is 1.89 bits per heavy atom. The van der Waals surface area contributed by atoms with Gasteiger partial charge in [0.2, 0.25) is 10.0 Å². The van der Waals surface area contributed by atoms with Crippen LogP contribution in [0.15, 0.2) is 24.3 Å². The Morgan fingerprint density at radius 3 is 2.47 bits per heavy atom. The van der Waals surface area contributed by atoms with Gasteiger partial charge in [0.1, 0.15) is 5.82 Å². The van der Waals surface area contributed by atoms with Crippen LogP contribution in [0.5, 0.6) is 0 Å². The molecule has 0 aromatic heterocycles. The lowest BCUT2D eigenvalue weighted by Crippen LogP contribution is -2.27. The zero-order valence-electron chi connectivity index (χ0n) is 11.2. The van der Waals surface area contributed by atoms with Gasteiger partial charge in [0.05, 0.1) is 11.9 Å². The van der Waals surface area contributed by atoms with Crippen molar-refractivity contribution in [3.63, 3.8) is 0 Å². The fourth-order valence-electron chi connectivity index (χ4n) is 1.47. The Bertz CT molecular complexity index is 471. The Morgan fingerprint density at radius 1 is 1.26 bits per heavy atom. The highest BCUT2D eigenvalue weighted by molar-refractivity contribution is 7.88. The summed E-state index contributed by atoms with van der Waals surface area (Å²) < 4.78 is 44.0. The van der Waals surface area contributed by atoms with Crippen molar-refractivity contribution in [3.05, 3.63) is 35.6 Å². The number of benzene rings is 1. The number of halogens is 1. The zero-order chi connectivity index (χ0) is 14.3. The molecule has 1 N–H and O–H groups in total. The average Bonchev–Trinajstić information content (AvgIpc) is 2.31. The summed E-state index contributed by atoms with van der Waals surface area (Å²) in [5, 5.41) is 0. The van der Waals surface area contributed by atoms with Crippen molar-refractivity contribution >= 4 is 10.0 Å². The van der Waals surface area contributed by atoms with Gasteiger partial charge in [-0.1, -0.05) is 12.1 Å². The fraction of sp³-hybridized carbons (Fsp3) is 0.538. The molecule has 1 aromatic carbocycles. The van der Waals surface area contributed by atoms with Gasteiger partial charge in [0.15, 0.2) is 0 Å². The minimum Gasteiger partial charge on any atom is -0.379 e. The standard InChI is InChI=1S/C13H20FNO3S/c1-11(2)18-9-3-8-15-19(16,17)10-12-4-6-13(14)7-5-12/h4-7,11,15H,3,8-10H2,1-2H3. The monoisotopic (exact) mass is 289 g/mol. The van der Waals surface area contributed by atoms with Gasteiger partial charge in [0, 0.05) is 13.2 Å². The van der Waals surface area contributed by atoms with Crippen molar-refractivity contribution in [2.24, 2.45) is 0 Å². The van der Waals surface area contributed by atoms with E-state index in [0.29, 0.717) is 25.1 Å². The highest BCUT2D eigenvalue weighted by atomic mass is 32.2. The van der Waals surface area contributed by atoms with Crippen LogP contribution in [0, 0.1) is 5.82 Å². The fourth-order valence-corrected chi connectivity index (χ4v) is 2.66. The zero-order valence-corrected chi connectivity index (χ0v) is 12.0. The first-order valence-electron chi connectivity index (χ1n) is 6.22. The summed E-state index contributed by atoms with van der Waals surface area (Å²) in [7, 11) is -3.38. The van der Waals surface area contributed by atoms with Gasteiger partial charge in [-0.3, -0.25) is 0 Å². The molecule has 0 unspecified atom stereocenters. The van der Waals surface area contributed by atoms with Gasteiger partial charge in [-0.05, 0) is 38.0 Å². The van der Waals surface area contributed by atoms with E-state index in [2.05, 4.69) is 4.72 Å². The molecule has 0 aliphatic heterocycles. The minimum absolute atomic E-state index is 0.141. The first-order valence-corrected chi connectivity index (χ1v) is 7.87. The van der Waals surface area contributed by atoms with Crippen molar-refractivity contribution in [1.82, 2.24) is 4.72 Å². The molecule has 108 valence electrons. The lowest BCUT2D eigenvalue weighted by molar-refractivity contribution is 0.0778. The van der Waals surface area contributed by atoms with E-state index in [4.69, 9.17) is 4.74 Å². The maximum absolute atomic E-state index is 12.7. The number of hydrogen-bond acceptors (Lipinski definition) is 3. The minimum atomic E-state index is -3.38. The highest BCUT2D eigenvalue weighted by Crippen LogP contribution is 2.06. The molecular weight excluding hydrogens is 269 g/mol. The second-order valence-corrected chi connectivity index (χ2v) is 6.36. The number of sulfonamides is 1. The summed E-state index contributed by atoms with van der Waals surface area (Å²) in [6.07, 6.45) is 0.775. The highest BCUT2D eigenvalue weighted by Gasteiger charge is 2.10. The molecule has 0 atom stereocenters. The lowest BCUT2D eigenvalue weighted by atomic mass is 10.2. The largest absolute Gasteiger partial charge is 0.379 e. The summed E-state index contributed by atoms with van der Waals surface area (Å²) in [4.78, 5) is 0. The summed E-state index contributed by atoms with van der Waals surface area (Å²) in [6.45, 7) is 4.73. The molecule has 1 rings (SSSR count). The number of hydrogen-bond donors (Lipinski definition) is 1. The second-order valence-electron chi connectivity index (χ2n) is 4.55. The normalized spacial score (nSPS) is 12.0. The third-order valence-corrected chi connectivity index (χ3v) is 3.72. The molecular formula is C13H20FNO3S. The number of nitrogens with one attached hydrogen (secondary N) is 1. The third-order valence-electron chi connectivity index (χ3n) is 2.36. The molecule has 0 aliphatic carbocycles. The summed E-state index contributed by atoms with van der Waals surface area (Å²) in [6, 6.07) is 5.44. The van der Waals surface area contributed by atoms with E-state index < -0.39 is 10.0 Å². The molecule has 0 aliphatic rings. The predicted octanol–water partition coefficient (Wildman–Crippen LogP) is 2.06. The van der Waals surface area contributed by atoms with Crippen LogP contribution in [0.4, 0.5) is 4.39 Å². The molecule has 0 fully saturated rings. The van der Waals surface area contributed by atoms with Crippen molar-refractivity contribution in [1.29, 1.82) is 0 Å². The van der Waals surface area contributed by atoms with E-state index in [1.807, 2.05) is 13.8 Å². The van der Waals surface area contributed by atoms with Gasteiger partial charge < -0.3 is 4.74 Å².